The summed E-state index contributed by atoms with van der Waals surface area (Å²) in [6, 6.07) is 5.70. The Hall–Kier alpha value is -2.67. The number of rotatable bonds is 5. The van der Waals surface area contributed by atoms with Crippen molar-refractivity contribution in [2.45, 2.75) is 51.4 Å². The molecule has 7 heteroatoms. The SMILES string of the molecule is COc1ccc(Nc2nc(C3CC3)nc3sc4c(c23)CCCC4)cc1NC(C)=O. The van der Waals surface area contributed by atoms with E-state index in [2.05, 4.69) is 10.6 Å². The maximum Gasteiger partial charge on any atom is 0.221 e. The molecule has 2 aliphatic rings. The summed E-state index contributed by atoms with van der Waals surface area (Å²) in [5, 5.41) is 7.53. The highest BCUT2D eigenvalue weighted by Gasteiger charge is 2.29. The number of aryl methyl sites for hydroxylation is 2. The monoisotopic (exact) mass is 408 g/mol. The molecule has 0 aliphatic heterocycles. The lowest BCUT2D eigenvalue weighted by atomic mass is 9.97. The van der Waals surface area contributed by atoms with Crippen molar-refractivity contribution in [1.82, 2.24) is 9.97 Å². The predicted octanol–water partition coefficient (Wildman–Crippen LogP) is 5.16. The first-order valence-corrected chi connectivity index (χ1v) is 11.0. The summed E-state index contributed by atoms with van der Waals surface area (Å²) >= 11 is 1.83. The Morgan fingerprint density at radius 1 is 1.21 bits per heavy atom. The molecule has 2 N–H and O–H groups in total. The second-order valence-corrected chi connectivity index (χ2v) is 8.90. The highest BCUT2D eigenvalue weighted by molar-refractivity contribution is 7.19. The molecule has 0 bridgehead atoms. The molecule has 0 saturated heterocycles. The first kappa shape index (κ1) is 18.4. The summed E-state index contributed by atoms with van der Waals surface area (Å²) in [5.74, 6) is 2.83. The third-order valence-corrected chi connectivity index (χ3v) is 6.73. The van der Waals surface area contributed by atoms with Crippen LogP contribution in [0.1, 0.15) is 54.8 Å². The summed E-state index contributed by atoms with van der Waals surface area (Å²) in [7, 11) is 1.60. The van der Waals surface area contributed by atoms with Crippen LogP contribution in [0.25, 0.3) is 10.2 Å². The van der Waals surface area contributed by atoms with Crippen LogP contribution in [0.4, 0.5) is 17.2 Å². The summed E-state index contributed by atoms with van der Waals surface area (Å²) in [6.45, 7) is 1.49. The van der Waals surface area contributed by atoms with E-state index in [0.29, 0.717) is 17.4 Å². The molecule has 1 saturated carbocycles. The highest BCUT2D eigenvalue weighted by Crippen LogP contribution is 2.44. The Bertz CT molecular complexity index is 1100. The van der Waals surface area contributed by atoms with Crippen molar-refractivity contribution >= 4 is 44.7 Å². The maximum absolute atomic E-state index is 11.6. The van der Waals surface area contributed by atoms with Crippen molar-refractivity contribution in [3.05, 3.63) is 34.5 Å². The largest absolute Gasteiger partial charge is 0.495 e. The van der Waals surface area contributed by atoms with E-state index in [1.165, 1.54) is 48.4 Å². The number of hydrogen-bond acceptors (Lipinski definition) is 6. The topological polar surface area (TPSA) is 76.1 Å². The van der Waals surface area contributed by atoms with E-state index >= 15 is 0 Å². The molecule has 5 rings (SSSR count). The van der Waals surface area contributed by atoms with Gasteiger partial charge in [0.25, 0.3) is 0 Å². The number of carbonyl (C=O) groups excluding carboxylic acids is 1. The summed E-state index contributed by atoms with van der Waals surface area (Å²) in [4.78, 5) is 24.0. The van der Waals surface area contributed by atoms with E-state index < -0.39 is 0 Å². The molecule has 3 aromatic rings. The van der Waals surface area contributed by atoms with Crippen molar-refractivity contribution in [2.75, 3.05) is 17.7 Å². The Labute approximate surface area is 173 Å². The smallest absolute Gasteiger partial charge is 0.221 e. The molecule has 150 valence electrons. The Morgan fingerprint density at radius 2 is 2.03 bits per heavy atom. The van der Waals surface area contributed by atoms with Gasteiger partial charge >= 0.3 is 0 Å². The Morgan fingerprint density at radius 3 is 2.79 bits per heavy atom. The fourth-order valence-electron chi connectivity index (χ4n) is 4.00. The van der Waals surface area contributed by atoms with Crippen molar-refractivity contribution < 1.29 is 9.53 Å². The number of benzene rings is 1. The molecular formula is C22H24N4O2S. The summed E-state index contributed by atoms with van der Waals surface area (Å²) in [5.41, 5.74) is 2.92. The van der Waals surface area contributed by atoms with Crippen LogP contribution in [0.15, 0.2) is 18.2 Å². The number of carbonyl (C=O) groups is 1. The van der Waals surface area contributed by atoms with Gasteiger partial charge in [-0.3, -0.25) is 4.79 Å². The Balaban J connectivity index is 1.59. The highest BCUT2D eigenvalue weighted by atomic mass is 32.1. The van der Waals surface area contributed by atoms with Crippen LogP contribution in [-0.2, 0) is 17.6 Å². The summed E-state index contributed by atoms with van der Waals surface area (Å²) < 4.78 is 5.38. The third-order valence-electron chi connectivity index (χ3n) is 5.55. The fraction of sp³-hybridized carbons (Fsp3) is 0.409. The van der Waals surface area contributed by atoms with E-state index in [1.807, 2.05) is 29.5 Å². The number of methoxy groups -OCH3 is 1. The standard InChI is InChI=1S/C22H24N4O2S/c1-12(27)23-16-11-14(9-10-17(16)28-2)24-21-19-15-5-3-4-6-18(15)29-22(19)26-20(25-21)13-7-8-13/h9-11,13H,3-8H2,1-2H3,(H,23,27)(H,24,25,26). The number of hydrogen-bond donors (Lipinski definition) is 2. The molecule has 2 heterocycles. The van der Waals surface area contributed by atoms with Crippen molar-refractivity contribution in [3.63, 3.8) is 0 Å². The number of nitrogens with zero attached hydrogens (tertiary/aromatic N) is 2. The van der Waals surface area contributed by atoms with Crippen LogP contribution in [0, 0.1) is 0 Å². The molecule has 1 amide bonds. The number of nitrogens with one attached hydrogen (secondary N) is 2. The molecule has 0 atom stereocenters. The fourth-order valence-corrected chi connectivity index (χ4v) is 5.27. The average molecular weight is 409 g/mol. The van der Waals surface area contributed by atoms with E-state index in [1.54, 1.807) is 7.11 Å². The molecular weight excluding hydrogens is 384 g/mol. The van der Waals surface area contributed by atoms with E-state index in [0.717, 1.165) is 35.0 Å². The number of thiophene rings is 1. The average Bonchev–Trinajstić information content (AvgIpc) is 3.48. The van der Waals surface area contributed by atoms with Gasteiger partial charge in [-0.25, -0.2) is 9.97 Å². The van der Waals surface area contributed by atoms with Crippen LogP contribution < -0.4 is 15.4 Å². The minimum atomic E-state index is -0.132. The van der Waals surface area contributed by atoms with Crippen molar-refractivity contribution in [2.24, 2.45) is 0 Å². The molecule has 6 nitrogen and oxygen atoms in total. The second-order valence-electron chi connectivity index (χ2n) is 7.82. The van der Waals surface area contributed by atoms with E-state index in [4.69, 9.17) is 14.7 Å². The van der Waals surface area contributed by atoms with E-state index in [9.17, 15) is 4.79 Å². The second kappa shape index (κ2) is 7.30. The number of ether oxygens (including phenoxy) is 1. The summed E-state index contributed by atoms with van der Waals surface area (Å²) in [6.07, 6.45) is 7.05. The first-order chi connectivity index (χ1) is 14.1. The lowest BCUT2D eigenvalue weighted by Crippen LogP contribution is -2.08. The van der Waals surface area contributed by atoms with Gasteiger partial charge in [0.05, 0.1) is 18.2 Å². The number of anilines is 3. The number of aromatic nitrogens is 2. The zero-order chi connectivity index (χ0) is 20.0. The normalized spacial score (nSPS) is 15.8. The molecule has 1 fully saturated rings. The predicted molar refractivity (Wildman–Crippen MR) is 117 cm³/mol. The molecule has 0 unspecified atom stereocenters. The maximum atomic E-state index is 11.6. The van der Waals surface area contributed by atoms with Gasteiger partial charge in [0.1, 0.15) is 22.2 Å². The molecule has 2 aliphatic carbocycles. The van der Waals surface area contributed by atoms with Gasteiger partial charge in [-0.1, -0.05) is 0 Å². The van der Waals surface area contributed by atoms with Gasteiger partial charge in [-0.15, -0.1) is 11.3 Å². The van der Waals surface area contributed by atoms with Crippen LogP contribution in [0.3, 0.4) is 0 Å². The van der Waals surface area contributed by atoms with E-state index in [-0.39, 0.29) is 5.91 Å². The molecule has 0 spiro atoms. The minimum absolute atomic E-state index is 0.132. The number of fused-ring (bicyclic) bond motifs is 3. The van der Waals surface area contributed by atoms with Gasteiger partial charge in [0.15, 0.2) is 0 Å². The lowest BCUT2D eigenvalue weighted by Gasteiger charge is -2.15. The van der Waals surface area contributed by atoms with Gasteiger partial charge in [-0.2, -0.15) is 0 Å². The third kappa shape index (κ3) is 3.55. The van der Waals surface area contributed by atoms with Crippen molar-refractivity contribution in [1.29, 1.82) is 0 Å². The van der Waals surface area contributed by atoms with Crippen LogP contribution in [0.5, 0.6) is 5.75 Å². The molecule has 0 radical (unpaired) electrons. The van der Waals surface area contributed by atoms with Gasteiger partial charge in [0, 0.05) is 23.4 Å². The molecule has 2 aromatic heterocycles. The first-order valence-electron chi connectivity index (χ1n) is 10.2. The Kier molecular flexibility index (Phi) is 4.62. The lowest BCUT2D eigenvalue weighted by molar-refractivity contribution is -0.114. The van der Waals surface area contributed by atoms with Crippen LogP contribution in [0.2, 0.25) is 0 Å². The van der Waals surface area contributed by atoms with Gasteiger partial charge in [0.2, 0.25) is 5.91 Å². The number of amides is 1. The molecule has 29 heavy (non-hydrogen) atoms. The van der Waals surface area contributed by atoms with Crippen LogP contribution in [-0.4, -0.2) is 23.0 Å². The van der Waals surface area contributed by atoms with Gasteiger partial charge in [-0.05, 0) is 62.3 Å². The van der Waals surface area contributed by atoms with Gasteiger partial charge < -0.3 is 15.4 Å². The van der Waals surface area contributed by atoms with Crippen molar-refractivity contribution in [3.8, 4) is 5.75 Å². The zero-order valence-corrected chi connectivity index (χ0v) is 17.5. The zero-order valence-electron chi connectivity index (χ0n) is 16.7. The minimum Gasteiger partial charge on any atom is -0.495 e. The van der Waals surface area contributed by atoms with Crippen LogP contribution >= 0.6 is 11.3 Å². The quantitative estimate of drug-likeness (QED) is 0.610. The molecule has 1 aromatic carbocycles.